The molecule has 0 spiro atoms. The van der Waals surface area contributed by atoms with Crippen LogP contribution in [0.25, 0.3) is 0 Å². The molecule has 0 amide bonds. The Morgan fingerprint density at radius 3 is 2.54 bits per heavy atom. The molecule has 1 atom stereocenters. The highest BCUT2D eigenvalue weighted by Crippen LogP contribution is 2.14. The van der Waals surface area contributed by atoms with E-state index in [2.05, 4.69) is 9.64 Å². The van der Waals surface area contributed by atoms with Crippen LogP contribution in [0.1, 0.15) is 19.8 Å². The van der Waals surface area contributed by atoms with E-state index in [0.29, 0.717) is 6.54 Å². The minimum atomic E-state index is -1.36. The second-order valence-electron chi connectivity index (χ2n) is 3.75. The predicted octanol–water partition coefficient (Wildman–Crippen LogP) is 0.00620. The second-order valence-corrected chi connectivity index (χ2v) is 3.75. The third-order valence-electron chi connectivity index (χ3n) is 2.36. The van der Waals surface area contributed by atoms with E-state index in [1.165, 1.54) is 14.0 Å². The molecule has 0 saturated carbocycles. The van der Waals surface area contributed by atoms with Crippen LogP contribution in [-0.4, -0.2) is 48.3 Å². The summed E-state index contributed by atoms with van der Waals surface area (Å²) in [6, 6.07) is 0. The molecule has 4 heteroatoms. The van der Waals surface area contributed by atoms with Crippen molar-refractivity contribution in [3.05, 3.63) is 0 Å². The number of methoxy groups -OCH3 is 1. The maximum Gasteiger partial charge on any atom is 0.338 e. The molecule has 1 aliphatic rings. The van der Waals surface area contributed by atoms with Crippen molar-refractivity contribution in [1.29, 1.82) is 0 Å². The van der Waals surface area contributed by atoms with Crippen molar-refractivity contribution in [3.63, 3.8) is 0 Å². The van der Waals surface area contributed by atoms with Gasteiger partial charge in [0.2, 0.25) is 0 Å². The molecule has 1 N–H and O–H groups in total. The number of ether oxygens (including phenoxy) is 1. The van der Waals surface area contributed by atoms with E-state index in [9.17, 15) is 9.90 Å². The van der Waals surface area contributed by atoms with E-state index in [-0.39, 0.29) is 0 Å². The predicted molar refractivity (Wildman–Crippen MR) is 48.3 cm³/mol. The fraction of sp³-hybridized carbons (Fsp3) is 0.889. The number of aliphatic hydroxyl groups is 1. The van der Waals surface area contributed by atoms with Gasteiger partial charge >= 0.3 is 5.97 Å². The Morgan fingerprint density at radius 1 is 1.54 bits per heavy atom. The Balaban J connectivity index is 2.44. The quantitative estimate of drug-likeness (QED) is 0.632. The molecule has 1 saturated heterocycles. The topological polar surface area (TPSA) is 49.8 Å². The van der Waals surface area contributed by atoms with Crippen LogP contribution < -0.4 is 0 Å². The average Bonchev–Trinajstić information content (AvgIpc) is 2.54. The van der Waals surface area contributed by atoms with Gasteiger partial charge in [0.05, 0.1) is 7.11 Å². The molecule has 0 aromatic rings. The van der Waals surface area contributed by atoms with Gasteiger partial charge in [-0.3, -0.25) is 4.90 Å². The summed E-state index contributed by atoms with van der Waals surface area (Å²) in [6.07, 6.45) is 2.30. The summed E-state index contributed by atoms with van der Waals surface area (Å²) < 4.78 is 4.51. The molecule has 13 heavy (non-hydrogen) atoms. The van der Waals surface area contributed by atoms with Gasteiger partial charge in [-0.25, -0.2) is 4.79 Å². The number of rotatable bonds is 3. The summed E-state index contributed by atoms with van der Waals surface area (Å²) >= 11 is 0. The van der Waals surface area contributed by atoms with Crippen molar-refractivity contribution >= 4 is 5.97 Å². The lowest BCUT2D eigenvalue weighted by molar-refractivity contribution is -0.162. The second kappa shape index (κ2) is 4.07. The summed E-state index contributed by atoms with van der Waals surface area (Å²) in [6.45, 7) is 3.80. The van der Waals surface area contributed by atoms with Crippen molar-refractivity contribution in [2.75, 3.05) is 26.7 Å². The van der Waals surface area contributed by atoms with Crippen molar-refractivity contribution in [1.82, 2.24) is 4.90 Å². The number of esters is 1. The lowest BCUT2D eigenvalue weighted by atomic mass is 10.1. The number of likely N-dealkylation sites (tertiary alicyclic amines) is 1. The number of carbonyl (C=O) groups excluding carboxylic acids is 1. The van der Waals surface area contributed by atoms with Crippen molar-refractivity contribution in [3.8, 4) is 0 Å². The van der Waals surface area contributed by atoms with Gasteiger partial charge in [-0.2, -0.15) is 0 Å². The zero-order chi connectivity index (χ0) is 9.90. The fourth-order valence-electron chi connectivity index (χ4n) is 1.66. The first-order valence-electron chi connectivity index (χ1n) is 4.59. The third-order valence-corrected chi connectivity index (χ3v) is 2.36. The Labute approximate surface area is 78.5 Å². The maximum atomic E-state index is 11.1. The Bertz CT molecular complexity index is 185. The third kappa shape index (κ3) is 2.67. The summed E-state index contributed by atoms with van der Waals surface area (Å²) in [5.41, 5.74) is -1.36. The van der Waals surface area contributed by atoms with Crippen LogP contribution in [-0.2, 0) is 9.53 Å². The molecule has 1 rings (SSSR count). The Kier molecular flexibility index (Phi) is 3.27. The van der Waals surface area contributed by atoms with Crippen LogP contribution in [0.4, 0.5) is 0 Å². The summed E-state index contributed by atoms with van der Waals surface area (Å²) in [4.78, 5) is 13.2. The first-order valence-corrected chi connectivity index (χ1v) is 4.59. The molecule has 0 aromatic carbocycles. The molecule has 1 heterocycles. The zero-order valence-electron chi connectivity index (χ0n) is 8.25. The minimum Gasteiger partial charge on any atom is -0.467 e. The van der Waals surface area contributed by atoms with Crippen LogP contribution in [0.15, 0.2) is 0 Å². The van der Waals surface area contributed by atoms with E-state index in [1.54, 1.807) is 0 Å². The zero-order valence-corrected chi connectivity index (χ0v) is 8.25. The summed E-state index contributed by atoms with van der Waals surface area (Å²) in [7, 11) is 1.29. The van der Waals surface area contributed by atoms with Gasteiger partial charge in [-0.05, 0) is 32.9 Å². The highest BCUT2D eigenvalue weighted by atomic mass is 16.5. The van der Waals surface area contributed by atoms with Gasteiger partial charge in [-0.15, -0.1) is 0 Å². The molecular weight excluding hydrogens is 170 g/mol. The van der Waals surface area contributed by atoms with Gasteiger partial charge < -0.3 is 9.84 Å². The van der Waals surface area contributed by atoms with E-state index >= 15 is 0 Å². The van der Waals surface area contributed by atoms with E-state index < -0.39 is 11.6 Å². The lowest BCUT2D eigenvalue weighted by Gasteiger charge is -2.25. The van der Waals surface area contributed by atoms with Crippen LogP contribution >= 0.6 is 0 Å². The van der Waals surface area contributed by atoms with Crippen molar-refractivity contribution in [2.24, 2.45) is 0 Å². The van der Waals surface area contributed by atoms with Crippen LogP contribution in [0.2, 0.25) is 0 Å². The molecule has 1 fully saturated rings. The standard InChI is InChI=1S/C9H17NO3/c1-9(12,8(11)13-2)7-10-5-3-4-6-10/h12H,3-7H2,1-2H3. The molecular formula is C9H17NO3. The SMILES string of the molecule is COC(=O)C(C)(O)CN1CCCC1. The van der Waals surface area contributed by atoms with Gasteiger partial charge in [0.1, 0.15) is 0 Å². The van der Waals surface area contributed by atoms with Crippen LogP contribution in [0, 0.1) is 0 Å². The highest BCUT2D eigenvalue weighted by molar-refractivity contribution is 5.78. The van der Waals surface area contributed by atoms with Gasteiger partial charge in [0, 0.05) is 6.54 Å². The van der Waals surface area contributed by atoms with Crippen LogP contribution in [0.3, 0.4) is 0 Å². The van der Waals surface area contributed by atoms with Crippen molar-refractivity contribution in [2.45, 2.75) is 25.4 Å². The molecule has 1 aliphatic heterocycles. The Morgan fingerprint density at radius 2 is 2.08 bits per heavy atom. The largest absolute Gasteiger partial charge is 0.467 e. The first-order chi connectivity index (χ1) is 6.06. The van der Waals surface area contributed by atoms with Gasteiger partial charge in [-0.1, -0.05) is 0 Å². The molecule has 76 valence electrons. The summed E-state index contributed by atoms with van der Waals surface area (Å²) in [5, 5.41) is 9.73. The molecule has 0 radical (unpaired) electrons. The van der Waals surface area contributed by atoms with Gasteiger partial charge in [0.15, 0.2) is 5.60 Å². The van der Waals surface area contributed by atoms with E-state index in [1.807, 2.05) is 0 Å². The number of nitrogens with zero attached hydrogens (tertiary/aromatic N) is 1. The lowest BCUT2D eigenvalue weighted by Crippen LogP contribution is -2.46. The summed E-state index contributed by atoms with van der Waals surface area (Å²) in [5.74, 6) is -0.556. The Hall–Kier alpha value is -0.610. The van der Waals surface area contributed by atoms with Crippen LogP contribution in [0.5, 0.6) is 0 Å². The average molecular weight is 187 g/mol. The minimum absolute atomic E-state index is 0.375. The normalized spacial score (nSPS) is 22.7. The molecule has 4 nitrogen and oxygen atoms in total. The van der Waals surface area contributed by atoms with Gasteiger partial charge in [0.25, 0.3) is 0 Å². The number of hydrogen-bond acceptors (Lipinski definition) is 4. The number of carbonyl (C=O) groups is 1. The fourth-order valence-corrected chi connectivity index (χ4v) is 1.66. The highest BCUT2D eigenvalue weighted by Gasteiger charge is 2.34. The van der Waals surface area contributed by atoms with E-state index in [4.69, 9.17) is 0 Å². The molecule has 0 aromatic heterocycles. The molecule has 0 bridgehead atoms. The number of hydrogen-bond donors (Lipinski definition) is 1. The monoisotopic (exact) mass is 187 g/mol. The maximum absolute atomic E-state index is 11.1. The smallest absolute Gasteiger partial charge is 0.338 e. The molecule has 0 aliphatic carbocycles. The molecule has 1 unspecified atom stereocenters. The number of β-amino-alcohol motifs (C(OH)–C–C–N with tert-alkyl or cyclic N) is 1. The first kappa shape index (κ1) is 10.5. The van der Waals surface area contributed by atoms with Crippen molar-refractivity contribution < 1.29 is 14.6 Å². The van der Waals surface area contributed by atoms with E-state index in [0.717, 1.165) is 25.9 Å².